The summed E-state index contributed by atoms with van der Waals surface area (Å²) in [4.78, 5) is 12.5. The van der Waals surface area contributed by atoms with E-state index in [0.29, 0.717) is 18.4 Å². The molecule has 0 spiro atoms. The predicted molar refractivity (Wildman–Crippen MR) is 85.2 cm³/mol. The molecule has 1 aromatic carbocycles. The fourth-order valence-electron chi connectivity index (χ4n) is 2.99. The Labute approximate surface area is 143 Å². The number of amides is 1. The molecule has 1 aromatic heterocycles. The predicted octanol–water partition coefficient (Wildman–Crippen LogP) is 2.26. The number of halogens is 2. The van der Waals surface area contributed by atoms with Gasteiger partial charge in [0.25, 0.3) is 5.91 Å². The lowest BCUT2D eigenvalue weighted by Crippen LogP contribution is -2.41. The third-order valence-electron chi connectivity index (χ3n) is 4.33. The molecule has 1 heterocycles. The lowest BCUT2D eigenvalue weighted by atomic mass is 9.75. The average molecular weight is 351 g/mol. The fourth-order valence-corrected chi connectivity index (χ4v) is 2.99. The van der Waals surface area contributed by atoms with Gasteiger partial charge in [0.1, 0.15) is 5.75 Å². The smallest absolute Gasteiger partial charge is 0.387 e. The molecule has 25 heavy (non-hydrogen) atoms. The molecule has 1 aliphatic carbocycles. The molecule has 8 heteroatoms. The Bertz CT molecular complexity index is 727. The van der Waals surface area contributed by atoms with Crippen LogP contribution >= 0.6 is 0 Å². The van der Waals surface area contributed by atoms with Gasteiger partial charge in [-0.25, -0.2) is 0 Å². The normalized spacial score (nSPS) is 20.8. The number of hydrogen-bond acceptors (Lipinski definition) is 4. The molecule has 1 amide bonds. The molecule has 1 aliphatic rings. The molecular weight excluding hydrogens is 332 g/mol. The highest BCUT2D eigenvalue weighted by atomic mass is 19.3. The maximum atomic E-state index is 12.5. The van der Waals surface area contributed by atoms with E-state index in [1.54, 1.807) is 17.9 Å². The molecule has 2 aromatic rings. The first-order valence-corrected chi connectivity index (χ1v) is 7.94. The topological polar surface area (TPSA) is 76.4 Å². The molecule has 0 bridgehead atoms. The van der Waals surface area contributed by atoms with Crippen molar-refractivity contribution in [2.45, 2.75) is 31.6 Å². The van der Waals surface area contributed by atoms with Gasteiger partial charge in [-0.2, -0.15) is 13.9 Å². The number of alkyl halides is 2. The summed E-state index contributed by atoms with van der Waals surface area (Å²) in [6.45, 7) is -2.90. The fraction of sp³-hybridized carbons (Fsp3) is 0.412. The minimum atomic E-state index is -2.90. The van der Waals surface area contributed by atoms with Crippen LogP contribution < -0.4 is 10.1 Å². The summed E-state index contributed by atoms with van der Waals surface area (Å²) in [6.07, 6.45) is 4.40. The van der Waals surface area contributed by atoms with E-state index in [1.807, 2.05) is 6.20 Å². The van der Waals surface area contributed by atoms with Crippen molar-refractivity contribution in [1.82, 2.24) is 15.1 Å². The van der Waals surface area contributed by atoms with E-state index in [9.17, 15) is 18.7 Å². The highest BCUT2D eigenvalue weighted by molar-refractivity contribution is 5.94. The van der Waals surface area contributed by atoms with Crippen molar-refractivity contribution >= 4 is 5.91 Å². The molecule has 0 unspecified atom stereocenters. The maximum Gasteiger partial charge on any atom is 0.387 e. The first-order chi connectivity index (χ1) is 11.9. The van der Waals surface area contributed by atoms with E-state index in [0.717, 1.165) is 5.56 Å². The number of aryl methyl sites for hydroxylation is 1. The highest BCUT2D eigenvalue weighted by Gasteiger charge is 2.36. The largest absolute Gasteiger partial charge is 0.435 e. The minimum Gasteiger partial charge on any atom is -0.435 e. The van der Waals surface area contributed by atoms with Crippen molar-refractivity contribution < 1.29 is 23.4 Å². The van der Waals surface area contributed by atoms with Gasteiger partial charge in [0, 0.05) is 24.4 Å². The van der Waals surface area contributed by atoms with Crippen molar-refractivity contribution in [3.8, 4) is 5.75 Å². The molecule has 1 fully saturated rings. The van der Waals surface area contributed by atoms with Gasteiger partial charge >= 0.3 is 6.61 Å². The Kier molecular flexibility index (Phi) is 4.98. The highest BCUT2D eigenvalue weighted by Crippen LogP contribution is 2.38. The number of nitrogens with one attached hydrogen (secondary N) is 1. The van der Waals surface area contributed by atoms with Gasteiger partial charge < -0.3 is 15.2 Å². The molecule has 6 nitrogen and oxygen atoms in total. The van der Waals surface area contributed by atoms with Crippen molar-refractivity contribution in [2.24, 2.45) is 13.0 Å². The molecule has 1 atom stereocenters. The van der Waals surface area contributed by atoms with Crippen LogP contribution in [-0.4, -0.2) is 33.5 Å². The van der Waals surface area contributed by atoms with Gasteiger partial charge in [-0.1, -0.05) is 0 Å². The van der Waals surface area contributed by atoms with Gasteiger partial charge in [0.05, 0.1) is 18.3 Å². The van der Waals surface area contributed by atoms with Gasteiger partial charge in [0.15, 0.2) is 0 Å². The summed E-state index contributed by atoms with van der Waals surface area (Å²) in [5, 5.41) is 16.6. The second kappa shape index (κ2) is 7.18. The van der Waals surface area contributed by atoms with E-state index >= 15 is 0 Å². The van der Waals surface area contributed by atoms with Crippen LogP contribution in [0.3, 0.4) is 0 Å². The number of rotatable bonds is 6. The summed E-state index contributed by atoms with van der Waals surface area (Å²) >= 11 is 0. The van der Waals surface area contributed by atoms with E-state index in [1.165, 1.54) is 24.3 Å². The van der Waals surface area contributed by atoms with Crippen molar-refractivity contribution in [2.75, 3.05) is 0 Å². The number of ether oxygens (including phenoxy) is 1. The summed E-state index contributed by atoms with van der Waals surface area (Å²) < 4.78 is 30.3. The van der Waals surface area contributed by atoms with Crippen LogP contribution in [0.4, 0.5) is 8.78 Å². The number of hydrogen-bond donors (Lipinski definition) is 2. The zero-order chi connectivity index (χ0) is 18.0. The second-order valence-corrected chi connectivity index (χ2v) is 6.19. The average Bonchev–Trinajstić information content (AvgIpc) is 2.96. The molecule has 2 N–H and O–H groups in total. The second-order valence-electron chi connectivity index (χ2n) is 6.19. The number of benzene rings is 1. The lowest BCUT2D eigenvalue weighted by Gasteiger charge is -2.37. The first kappa shape index (κ1) is 17.3. The maximum absolute atomic E-state index is 12.5. The molecule has 3 rings (SSSR count). The van der Waals surface area contributed by atoms with Crippen LogP contribution in [0.5, 0.6) is 5.75 Å². The van der Waals surface area contributed by atoms with Crippen molar-refractivity contribution in [3.05, 3.63) is 47.8 Å². The Morgan fingerprint density at radius 1 is 1.36 bits per heavy atom. The third-order valence-corrected chi connectivity index (χ3v) is 4.33. The third kappa shape index (κ3) is 4.14. The monoisotopic (exact) mass is 351 g/mol. The van der Waals surface area contributed by atoms with E-state index in [2.05, 4.69) is 15.2 Å². The first-order valence-electron chi connectivity index (χ1n) is 7.94. The van der Waals surface area contributed by atoms with Gasteiger partial charge in [-0.15, -0.1) is 0 Å². The van der Waals surface area contributed by atoms with Gasteiger partial charge in [-0.3, -0.25) is 9.48 Å². The summed E-state index contributed by atoms with van der Waals surface area (Å²) in [5.74, 6) is -0.194. The standard InChI is InChI=1S/C17H19F2N3O3/c1-22-9-12(8-20-22)15(11-6-13(23)7-11)21-16(24)10-2-4-14(5-3-10)25-17(18)19/h2-5,8-9,11,13,15,17,23H,6-7H2,1H3,(H,21,24)/t11?,13?,15-/m0/s1. The Morgan fingerprint density at radius 3 is 2.56 bits per heavy atom. The van der Waals surface area contributed by atoms with Crippen LogP contribution in [-0.2, 0) is 7.05 Å². The van der Waals surface area contributed by atoms with Crippen LogP contribution in [0.25, 0.3) is 0 Å². The number of nitrogens with zero attached hydrogens (tertiary/aromatic N) is 2. The summed E-state index contributed by atoms with van der Waals surface area (Å²) in [7, 11) is 1.79. The number of carbonyl (C=O) groups excluding carboxylic acids is 1. The molecule has 0 aliphatic heterocycles. The van der Waals surface area contributed by atoms with Crippen LogP contribution in [0.1, 0.15) is 34.8 Å². The number of aromatic nitrogens is 2. The summed E-state index contributed by atoms with van der Waals surface area (Å²) in [5.41, 5.74) is 1.21. The van der Waals surface area contributed by atoms with E-state index in [-0.39, 0.29) is 29.7 Å². The molecule has 1 saturated carbocycles. The van der Waals surface area contributed by atoms with Crippen LogP contribution in [0, 0.1) is 5.92 Å². The Balaban J connectivity index is 1.71. The quantitative estimate of drug-likeness (QED) is 0.837. The molecular formula is C17H19F2N3O3. The lowest BCUT2D eigenvalue weighted by molar-refractivity contribution is -0.0498. The van der Waals surface area contributed by atoms with Gasteiger partial charge in [-0.05, 0) is 43.0 Å². The Hall–Kier alpha value is -2.48. The molecule has 134 valence electrons. The molecule has 0 saturated heterocycles. The van der Waals surface area contributed by atoms with Crippen LogP contribution in [0.2, 0.25) is 0 Å². The SMILES string of the molecule is Cn1cc([C@@H](NC(=O)c2ccc(OC(F)F)cc2)C2CC(O)C2)cn1. The zero-order valence-electron chi connectivity index (χ0n) is 13.6. The number of aliphatic hydroxyl groups is 1. The summed E-state index contributed by atoms with van der Waals surface area (Å²) in [6, 6.07) is 5.26. The van der Waals surface area contributed by atoms with Crippen molar-refractivity contribution in [1.29, 1.82) is 0 Å². The number of carbonyl (C=O) groups is 1. The van der Waals surface area contributed by atoms with Crippen LogP contribution in [0.15, 0.2) is 36.7 Å². The Morgan fingerprint density at radius 2 is 2.04 bits per heavy atom. The van der Waals surface area contributed by atoms with E-state index < -0.39 is 6.61 Å². The number of aliphatic hydroxyl groups excluding tert-OH is 1. The minimum absolute atomic E-state index is 0.00234. The van der Waals surface area contributed by atoms with Crippen molar-refractivity contribution in [3.63, 3.8) is 0 Å². The zero-order valence-corrected chi connectivity index (χ0v) is 13.6. The van der Waals surface area contributed by atoms with Gasteiger partial charge in [0.2, 0.25) is 0 Å². The molecule has 0 radical (unpaired) electrons. The van der Waals surface area contributed by atoms with E-state index in [4.69, 9.17) is 0 Å².